The average Bonchev–Trinajstić information content (AvgIpc) is 2.89. The SMILES string of the molecule is Cc1ccc(Br)c(C(=O)Cc2ccc3c(c2)CCC3)c1. The maximum atomic E-state index is 12.5. The molecule has 0 spiro atoms. The van der Waals surface area contributed by atoms with Crippen LogP contribution in [0.2, 0.25) is 0 Å². The highest BCUT2D eigenvalue weighted by Gasteiger charge is 2.14. The van der Waals surface area contributed by atoms with E-state index in [1.807, 2.05) is 25.1 Å². The van der Waals surface area contributed by atoms with Gasteiger partial charge in [0.25, 0.3) is 0 Å². The van der Waals surface area contributed by atoms with Gasteiger partial charge in [0.05, 0.1) is 0 Å². The maximum Gasteiger partial charge on any atom is 0.168 e. The van der Waals surface area contributed by atoms with Crippen LogP contribution in [0.5, 0.6) is 0 Å². The van der Waals surface area contributed by atoms with Crippen LogP contribution in [0.1, 0.15) is 39.0 Å². The fraction of sp³-hybridized carbons (Fsp3) is 0.278. The second-order valence-electron chi connectivity index (χ2n) is 5.54. The van der Waals surface area contributed by atoms with Crippen molar-refractivity contribution in [3.63, 3.8) is 0 Å². The van der Waals surface area contributed by atoms with Gasteiger partial charge in [-0.3, -0.25) is 4.79 Å². The number of benzene rings is 2. The summed E-state index contributed by atoms with van der Waals surface area (Å²) in [6, 6.07) is 12.4. The molecule has 0 fully saturated rings. The Balaban J connectivity index is 1.84. The smallest absolute Gasteiger partial charge is 0.168 e. The topological polar surface area (TPSA) is 17.1 Å². The van der Waals surface area contributed by atoms with E-state index >= 15 is 0 Å². The summed E-state index contributed by atoms with van der Waals surface area (Å²) < 4.78 is 0.884. The van der Waals surface area contributed by atoms with Crippen LogP contribution >= 0.6 is 15.9 Å². The van der Waals surface area contributed by atoms with Gasteiger partial charge in [0.2, 0.25) is 0 Å². The number of carbonyl (C=O) groups excluding carboxylic acids is 1. The molecular formula is C18H17BrO. The van der Waals surface area contributed by atoms with Gasteiger partial charge >= 0.3 is 0 Å². The summed E-state index contributed by atoms with van der Waals surface area (Å²) >= 11 is 3.47. The van der Waals surface area contributed by atoms with E-state index in [-0.39, 0.29) is 5.78 Å². The van der Waals surface area contributed by atoms with Crippen molar-refractivity contribution in [3.05, 3.63) is 68.7 Å². The predicted molar refractivity (Wildman–Crippen MR) is 85.4 cm³/mol. The molecular weight excluding hydrogens is 312 g/mol. The van der Waals surface area contributed by atoms with Crippen LogP contribution in [0.25, 0.3) is 0 Å². The average molecular weight is 329 g/mol. The summed E-state index contributed by atoms with van der Waals surface area (Å²) in [5.41, 5.74) is 5.91. The van der Waals surface area contributed by atoms with Gasteiger partial charge in [0.15, 0.2) is 5.78 Å². The Morgan fingerprint density at radius 3 is 2.75 bits per heavy atom. The molecule has 0 saturated heterocycles. The number of Topliss-reactive ketones (excluding diaryl/α,β-unsaturated/α-hetero) is 1. The van der Waals surface area contributed by atoms with Crippen molar-refractivity contribution in [1.82, 2.24) is 0 Å². The van der Waals surface area contributed by atoms with E-state index in [1.54, 1.807) is 0 Å². The molecule has 0 radical (unpaired) electrons. The monoisotopic (exact) mass is 328 g/mol. The van der Waals surface area contributed by atoms with E-state index in [1.165, 1.54) is 24.0 Å². The molecule has 1 nitrogen and oxygen atoms in total. The van der Waals surface area contributed by atoms with Crippen molar-refractivity contribution in [2.75, 3.05) is 0 Å². The lowest BCUT2D eigenvalue weighted by Crippen LogP contribution is -2.05. The predicted octanol–water partition coefficient (Wildman–Crippen LogP) is 4.67. The zero-order chi connectivity index (χ0) is 14.1. The molecule has 1 aliphatic rings. The normalized spacial score (nSPS) is 13.3. The third-order valence-electron chi connectivity index (χ3n) is 3.95. The second-order valence-corrected chi connectivity index (χ2v) is 6.39. The van der Waals surface area contributed by atoms with Crippen molar-refractivity contribution in [2.45, 2.75) is 32.6 Å². The van der Waals surface area contributed by atoms with E-state index in [2.05, 4.69) is 34.1 Å². The zero-order valence-electron chi connectivity index (χ0n) is 11.6. The molecule has 2 heteroatoms. The van der Waals surface area contributed by atoms with Crippen molar-refractivity contribution < 1.29 is 4.79 Å². The van der Waals surface area contributed by atoms with Gasteiger partial charge in [-0.15, -0.1) is 0 Å². The second kappa shape index (κ2) is 5.53. The lowest BCUT2D eigenvalue weighted by atomic mass is 9.99. The summed E-state index contributed by atoms with van der Waals surface area (Å²) in [5, 5.41) is 0. The van der Waals surface area contributed by atoms with Gasteiger partial charge in [0.1, 0.15) is 0 Å². The molecule has 0 heterocycles. The van der Waals surface area contributed by atoms with E-state index in [0.717, 1.165) is 27.6 Å². The van der Waals surface area contributed by atoms with Crippen LogP contribution in [0, 0.1) is 6.92 Å². The summed E-state index contributed by atoms with van der Waals surface area (Å²) in [5.74, 6) is 0.179. The van der Waals surface area contributed by atoms with Gasteiger partial charge in [-0.2, -0.15) is 0 Å². The highest BCUT2D eigenvalue weighted by molar-refractivity contribution is 9.10. The van der Waals surface area contributed by atoms with Crippen LogP contribution in [0.15, 0.2) is 40.9 Å². The first-order valence-corrected chi connectivity index (χ1v) is 7.83. The van der Waals surface area contributed by atoms with Gasteiger partial charge < -0.3 is 0 Å². The molecule has 0 amide bonds. The summed E-state index contributed by atoms with van der Waals surface area (Å²) in [6.07, 6.45) is 4.07. The number of halogens is 1. The maximum absolute atomic E-state index is 12.5. The molecule has 0 N–H and O–H groups in total. The third-order valence-corrected chi connectivity index (χ3v) is 4.64. The minimum atomic E-state index is 0.179. The third kappa shape index (κ3) is 2.71. The molecule has 102 valence electrons. The molecule has 2 aromatic rings. The van der Waals surface area contributed by atoms with Gasteiger partial charge in [0, 0.05) is 16.5 Å². The molecule has 0 aliphatic heterocycles. The van der Waals surface area contributed by atoms with Crippen LogP contribution in [-0.2, 0) is 19.3 Å². The fourth-order valence-corrected chi connectivity index (χ4v) is 3.34. The van der Waals surface area contributed by atoms with E-state index in [9.17, 15) is 4.79 Å². The van der Waals surface area contributed by atoms with Crippen molar-refractivity contribution in [2.24, 2.45) is 0 Å². The number of hydrogen-bond donors (Lipinski definition) is 0. The summed E-state index contributed by atoms with van der Waals surface area (Å²) in [7, 11) is 0. The molecule has 1 aliphatic carbocycles. The standard InChI is InChI=1S/C18H17BrO/c1-12-5-8-17(19)16(9-12)18(20)11-13-6-7-14-3-2-4-15(14)10-13/h5-10H,2-4,11H2,1H3. The Morgan fingerprint density at radius 2 is 1.90 bits per heavy atom. The first-order chi connectivity index (χ1) is 9.63. The number of ketones is 1. The van der Waals surface area contributed by atoms with Crippen LogP contribution in [-0.4, -0.2) is 5.78 Å². The molecule has 0 atom stereocenters. The van der Waals surface area contributed by atoms with Crippen molar-refractivity contribution >= 4 is 21.7 Å². The molecule has 3 rings (SSSR count). The number of rotatable bonds is 3. The van der Waals surface area contributed by atoms with E-state index in [4.69, 9.17) is 0 Å². The van der Waals surface area contributed by atoms with E-state index < -0.39 is 0 Å². The summed E-state index contributed by atoms with van der Waals surface area (Å²) in [4.78, 5) is 12.5. The van der Waals surface area contributed by atoms with Crippen LogP contribution in [0.3, 0.4) is 0 Å². The fourth-order valence-electron chi connectivity index (χ4n) is 2.87. The first kappa shape index (κ1) is 13.6. The minimum Gasteiger partial charge on any atom is -0.294 e. The minimum absolute atomic E-state index is 0.179. The Labute approximate surface area is 128 Å². The lowest BCUT2D eigenvalue weighted by molar-refractivity contribution is 0.0992. The Morgan fingerprint density at radius 1 is 1.10 bits per heavy atom. The van der Waals surface area contributed by atoms with Crippen molar-refractivity contribution in [1.29, 1.82) is 0 Å². The molecule has 0 aromatic heterocycles. The van der Waals surface area contributed by atoms with Crippen molar-refractivity contribution in [3.8, 4) is 0 Å². The molecule has 20 heavy (non-hydrogen) atoms. The number of aryl methyl sites for hydroxylation is 3. The highest BCUT2D eigenvalue weighted by Crippen LogP contribution is 2.24. The number of fused-ring (bicyclic) bond motifs is 1. The van der Waals surface area contributed by atoms with Crippen LogP contribution in [0.4, 0.5) is 0 Å². The first-order valence-electron chi connectivity index (χ1n) is 7.03. The van der Waals surface area contributed by atoms with Crippen LogP contribution < -0.4 is 0 Å². The van der Waals surface area contributed by atoms with Gasteiger partial charge in [-0.1, -0.05) is 45.8 Å². The zero-order valence-corrected chi connectivity index (χ0v) is 13.2. The Bertz CT molecular complexity index is 673. The number of carbonyl (C=O) groups is 1. The molecule has 0 bridgehead atoms. The Hall–Kier alpha value is -1.41. The molecule has 0 saturated carbocycles. The molecule has 2 aromatic carbocycles. The largest absolute Gasteiger partial charge is 0.294 e. The van der Waals surface area contributed by atoms with Gasteiger partial charge in [-0.05, 0) is 55.0 Å². The lowest BCUT2D eigenvalue weighted by Gasteiger charge is -2.07. The Kier molecular flexibility index (Phi) is 3.75. The molecule has 0 unspecified atom stereocenters. The quantitative estimate of drug-likeness (QED) is 0.748. The van der Waals surface area contributed by atoms with E-state index in [0.29, 0.717) is 6.42 Å². The highest BCUT2D eigenvalue weighted by atomic mass is 79.9. The summed E-state index contributed by atoms with van der Waals surface area (Å²) in [6.45, 7) is 2.01. The van der Waals surface area contributed by atoms with Gasteiger partial charge in [-0.25, -0.2) is 0 Å². The number of hydrogen-bond acceptors (Lipinski definition) is 1.